The lowest BCUT2D eigenvalue weighted by atomic mass is 10.1. The van der Waals surface area contributed by atoms with Gasteiger partial charge >= 0.3 is 0 Å². The summed E-state index contributed by atoms with van der Waals surface area (Å²) in [6, 6.07) is 8.98. The fraction of sp³-hybridized carbons (Fsp3) is 0.133. The van der Waals surface area contributed by atoms with E-state index in [0.29, 0.717) is 10.3 Å². The molecule has 0 atom stereocenters. The van der Waals surface area contributed by atoms with Crippen molar-refractivity contribution in [1.29, 1.82) is 0 Å². The molecule has 0 aliphatic carbocycles. The minimum Gasteiger partial charge on any atom is -0.330 e. The summed E-state index contributed by atoms with van der Waals surface area (Å²) in [6.07, 6.45) is 0. The molecule has 0 aliphatic heterocycles. The predicted octanol–water partition coefficient (Wildman–Crippen LogP) is 5.10. The Hall–Kier alpha value is -1.65. The van der Waals surface area contributed by atoms with Gasteiger partial charge in [0.05, 0.1) is 21.7 Å². The van der Waals surface area contributed by atoms with Crippen LogP contribution in [0.3, 0.4) is 0 Å². The lowest BCUT2D eigenvalue weighted by molar-refractivity contribution is 0.630. The molecular weight excluding hydrogens is 295 g/mol. The predicted molar refractivity (Wildman–Crippen MR) is 82.9 cm³/mol. The van der Waals surface area contributed by atoms with Crippen LogP contribution in [0.4, 0.5) is 4.39 Å². The number of nitrogens with one attached hydrogen (secondary N) is 1. The van der Waals surface area contributed by atoms with Crippen molar-refractivity contribution < 1.29 is 4.39 Å². The van der Waals surface area contributed by atoms with E-state index in [9.17, 15) is 4.39 Å². The van der Waals surface area contributed by atoms with Gasteiger partial charge in [-0.2, -0.15) is 0 Å². The van der Waals surface area contributed by atoms with E-state index in [0.717, 1.165) is 16.8 Å². The third-order valence-electron chi connectivity index (χ3n) is 3.54. The van der Waals surface area contributed by atoms with Gasteiger partial charge in [-0.15, -0.1) is 0 Å². The first kappa shape index (κ1) is 13.3. The summed E-state index contributed by atoms with van der Waals surface area (Å²) in [5.74, 6) is -0.455. The van der Waals surface area contributed by atoms with E-state index in [1.807, 2.05) is 36.6 Å². The summed E-state index contributed by atoms with van der Waals surface area (Å²) >= 11 is 11.3. The lowest BCUT2D eigenvalue weighted by Gasteiger charge is -2.10. The molecule has 0 amide bonds. The lowest BCUT2D eigenvalue weighted by Crippen LogP contribution is -1.98. The van der Waals surface area contributed by atoms with Gasteiger partial charge in [0.15, 0.2) is 4.77 Å². The average molecular weight is 307 g/mol. The van der Waals surface area contributed by atoms with Gasteiger partial charge in [-0.05, 0) is 49.3 Å². The van der Waals surface area contributed by atoms with Gasteiger partial charge in [0, 0.05) is 6.07 Å². The normalized spacial score (nSPS) is 11.2. The monoisotopic (exact) mass is 306 g/mol. The number of hydrogen-bond acceptors (Lipinski definition) is 1. The minimum absolute atomic E-state index is 0.0885. The quantitative estimate of drug-likeness (QED) is 0.620. The molecule has 2 aromatic carbocycles. The van der Waals surface area contributed by atoms with Crippen LogP contribution in [0, 0.1) is 24.4 Å². The Bertz CT molecular complexity index is 879. The van der Waals surface area contributed by atoms with Crippen LogP contribution in [0.15, 0.2) is 30.3 Å². The Morgan fingerprint density at radius 3 is 2.75 bits per heavy atom. The summed E-state index contributed by atoms with van der Waals surface area (Å²) in [5.41, 5.74) is 4.69. The zero-order valence-corrected chi connectivity index (χ0v) is 12.6. The largest absolute Gasteiger partial charge is 0.330 e. The topological polar surface area (TPSA) is 20.7 Å². The van der Waals surface area contributed by atoms with E-state index < -0.39 is 5.82 Å². The Balaban J connectivity index is 2.42. The van der Waals surface area contributed by atoms with Crippen molar-refractivity contribution in [3.63, 3.8) is 0 Å². The van der Waals surface area contributed by atoms with Gasteiger partial charge in [0.25, 0.3) is 0 Å². The Morgan fingerprint density at radius 2 is 2.00 bits per heavy atom. The van der Waals surface area contributed by atoms with Crippen LogP contribution in [0.1, 0.15) is 11.1 Å². The zero-order valence-electron chi connectivity index (χ0n) is 11.0. The number of aromatic amines is 1. The van der Waals surface area contributed by atoms with E-state index in [-0.39, 0.29) is 5.02 Å². The molecule has 1 N–H and O–H groups in total. The number of H-pyrrole nitrogens is 1. The second kappa shape index (κ2) is 4.72. The number of aromatic nitrogens is 2. The molecule has 2 nitrogen and oxygen atoms in total. The van der Waals surface area contributed by atoms with Gasteiger partial charge in [-0.25, -0.2) is 4.39 Å². The van der Waals surface area contributed by atoms with E-state index >= 15 is 0 Å². The molecular formula is C15H12ClFN2S. The highest BCUT2D eigenvalue weighted by Crippen LogP contribution is 2.27. The van der Waals surface area contributed by atoms with Crippen molar-refractivity contribution in [2.24, 2.45) is 0 Å². The van der Waals surface area contributed by atoms with Gasteiger partial charge in [0.2, 0.25) is 0 Å². The second-order valence-corrected chi connectivity index (χ2v) is 5.56. The SMILES string of the molecule is Cc1cccc(-n2c(=S)[nH]c3cc(F)c(Cl)cc32)c1C. The summed E-state index contributed by atoms with van der Waals surface area (Å²) in [6.45, 7) is 4.08. The molecule has 102 valence electrons. The first-order chi connectivity index (χ1) is 9.49. The molecule has 0 fully saturated rings. The van der Waals surface area contributed by atoms with Crippen LogP contribution in [0.2, 0.25) is 5.02 Å². The number of halogens is 2. The maximum absolute atomic E-state index is 13.5. The van der Waals surface area contributed by atoms with Crippen LogP contribution in [-0.2, 0) is 0 Å². The molecule has 0 spiro atoms. The van der Waals surface area contributed by atoms with Crippen molar-refractivity contribution in [2.45, 2.75) is 13.8 Å². The van der Waals surface area contributed by atoms with Crippen molar-refractivity contribution in [2.75, 3.05) is 0 Å². The first-order valence-corrected chi connectivity index (χ1v) is 6.94. The number of fused-ring (bicyclic) bond motifs is 1. The molecule has 5 heteroatoms. The van der Waals surface area contributed by atoms with E-state index in [4.69, 9.17) is 23.8 Å². The van der Waals surface area contributed by atoms with Crippen molar-refractivity contribution >= 4 is 34.9 Å². The van der Waals surface area contributed by atoms with E-state index in [1.54, 1.807) is 6.07 Å². The van der Waals surface area contributed by atoms with Gasteiger partial charge in [-0.3, -0.25) is 4.57 Å². The molecule has 0 radical (unpaired) electrons. The molecule has 0 saturated carbocycles. The Kier molecular flexibility index (Phi) is 3.15. The second-order valence-electron chi connectivity index (χ2n) is 4.77. The van der Waals surface area contributed by atoms with Gasteiger partial charge in [-0.1, -0.05) is 23.7 Å². The highest BCUT2D eigenvalue weighted by atomic mass is 35.5. The van der Waals surface area contributed by atoms with Crippen molar-refractivity contribution in [3.05, 3.63) is 57.1 Å². The maximum atomic E-state index is 13.5. The molecule has 1 aromatic heterocycles. The molecule has 3 rings (SSSR count). The third-order valence-corrected chi connectivity index (χ3v) is 4.12. The summed E-state index contributed by atoms with van der Waals surface area (Å²) < 4.78 is 16.0. The number of hydrogen-bond donors (Lipinski definition) is 1. The van der Waals surface area contributed by atoms with E-state index in [2.05, 4.69) is 4.98 Å². The van der Waals surface area contributed by atoms with Crippen LogP contribution in [-0.4, -0.2) is 9.55 Å². The number of rotatable bonds is 1. The molecule has 3 aromatic rings. The van der Waals surface area contributed by atoms with Crippen molar-refractivity contribution in [1.82, 2.24) is 9.55 Å². The molecule has 20 heavy (non-hydrogen) atoms. The number of aryl methyl sites for hydroxylation is 1. The molecule has 0 saturated heterocycles. The number of benzene rings is 2. The molecule has 0 aliphatic rings. The first-order valence-electron chi connectivity index (χ1n) is 6.15. The van der Waals surface area contributed by atoms with Crippen LogP contribution < -0.4 is 0 Å². The molecule has 1 heterocycles. The molecule has 0 bridgehead atoms. The average Bonchev–Trinajstić information content (AvgIpc) is 2.69. The highest BCUT2D eigenvalue weighted by Gasteiger charge is 2.12. The van der Waals surface area contributed by atoms with Crippen molar-refractivity contribution in [3.8, 4) is 5.69 Å². The van der Waals surface area contributed by atoms with Gasteiger partial charge < -0.3 is 4.98 Å². The standard InChI is InChI=1S/C15H12ClFN2S/c1-8-4-3-5-13(9(8)2)19-14-6-10(16)11(17)7-12(14)18-15(19)20/h3-7H,1-2H3,(H,18,20). The smallest absolute Gasteiger partial charge is 0.182 e. The third kappa shape index (κ3) is 1.96. The number of imidazole rings is 1. The zero-order chi connectivity index (χ0) is 14.4. The fourth-order valence-electron chi connectivity index (χ4n) is 2.32. The maximum Gasteiger partial charge on any atom is 0.182 e. The summed E-state index contributed by atoms with van der Waals surface area (Å²) in [5, 5.41) is 0.0885. The van der Waals surface area contributed by atoms with Crippen LogP contribution in [0.25, 0.3) is 16.7 Å². The number of nitrogens with zero attached hydrogens (tertiary/aromatic N) is 1. The van der Waals surface area contributed by atoms with Crippen LogP contribution in [0.5, 0.6) is 0 Å². The Morgan fingerprint density at radius 1 is 1.25 bits per heavy atom. The highest BCUT2D eigenvalue weighted by molar-refractivity contribution is 7.71. The minimum atomic E-state index is -0.455. The molecule has 0 unspecified atom stereocenters. The Labute approximate surface area is 125 Å². The summed E-state index contributed by atoms with van der Waals surface area (Å²) in [4.78, 5) is 3.02. The van der Waals surface area contributed by atoms with Crippen LogP contribution >= 0.6 is 23.8 Å². The van der Waals surface area contributed by atoms with Gasteiger partial charge in [0.1, 0.15) is 5.82 Å². The fourth-order valence-corrected chi connectivity index (χ4v) is 2.78. The summed E-state index contributed by atoms with van der Waals surface area (Å²) in [7, 11) is 0. The van der Waals surface area contributed by atoms with E-state index in [1.165, 1.54) is 11.6 Å².